The molecule has 2 aromatic rings. The van der Waals surface area contributed by atoms with Gasteiger partial charge in [0.1, 0.15) is 5.75 Å². The maximum atomic E-state index is 14.1. The fraction of sp³-hybridized carbons (Fsp3) is 0.333. The molecule has 5 rings (SSSR count). The molecule has 0 aromatic heterocycles. The number of amides is 1. The Morgan fingerprint density at radius 1 is 1.00 bits per heavy atom. The van der Waals surface area contributed by atoms with E-state index in [2.05, 4.69) is 0 Å². The molecular weight excluding hydrogens is 532 g/mol. The molecule has 11 heteroatoms. The van der Waals surface area contributed by atoms with Crippen molar-refractivity contribution >= 4 is 46.5 Å². The third-order valence-electron chi connectivity index (χ3n) is 8.51. The number of carbonyl (C=O) groups is 6. The highest BCUT2D eigenvalue weighted by molar-refractivity contribution is 6.33. The van der Waals surface area contributed by atoms with E-state index in [1.54, 1.807) is 30.3 Å². The number of ketones is 5. The van der Waals surface area contributed by atoms with Crippen LogP contribution in [0.15, 0.2) is 42.5 Å². The molecule has 2 unspecified atom stereocenters. The molecule has 3 aliphatic carbocycles. The standard InChI is InChI=1S/C30H28N2O9/c1-12(33)14-9-7-13(8-10-14)11-16-15-5-4-6-17(34)18(15)24(35)20-19(16)25(36)22-23(32(2)3)26(37)21(29(31)40)28(39)30(22,41)27(20)38/h4-11,19-23,25,34,36,41H,1-3H3,(H2,31,40)/b16-11+/t19-,20?,21?,22-,23+,25+,30+/m0/s1. The van der Waals surface area contributed by atoms with Gasteiger partial charge in [0.15, 0.2) is 40.4 Å². The second kappa shape index (κ2) is 9.65. The van der Waals surface area contributed by atoms with Crippen LogP contribution >= 0.6 is 0 Å². The van der Waals surface area contributed by atoms with E-state index >= 15 is 0 Å². The minimum Gasteiger partial charge on any atom is -0.507 e. The first kappa shape index (κ1) is 28.2. The first-order chi connectivity index (χ1) is 19.2. The van der Waals surface area contributed by atoms with E-state index in [0.717, 1.165) is 0 Å². The molecule has 2 aromatic carbocycles. The number of carbonyl (C=O) groups excluding carboxylic acids is 6. The molecule has 0 aliphatic heterocycles. The predicted octanol–water partition coefficient (Wildman–Crippen LogP) is 0.0385. The average Bonchev–Trinajstić information content (AvgIpc) is 2.90. The summed E-state index contributed by atoms with van der Waals surface area (Å²) in [6.45, 7) is 1.41. The van der Waals surface area contributed by atoms with Gasteiger partial charge in [-0.1, -0.05) is 42.5 Å². The van der Waals surface area contributed by atoms with Crippen LogP contribution in [0.25, 0.3) is 11.6 Å². The monoisotopic (exact) mass is 560 g/mol. The molecule has 2 saturated carbocycles. The molecule has 0 saturated heterocycles. The molecule has 1 amide bonds. The van der Waals surface area contributed by atoms with Gasteiger partial charge in [-0.15, -0.1) is 0 Å². The van der Waals surface area contributed by atoms with Crippen molar-refractivity contribution in [2.45, 2.75) is 24.7 Å². The van der Waals surface area contributed by atoms with Crippen molar-refractivity contribution in [3.8, 4) is 5.75 Å². The minimum atomic E-state index is -3.09. The number of benzene rings is 2. The number of rotatable bonds is 4. The van der Waals surface area contributed by atoms with E-state index in [0.29, 0.717) is 11.1 Å². The van der Waals surface area contributed by atoms with Gasteiger partial charge in [-0.2, -0.15) is 0 Å². The third-order valence-corrected chi connectivity index (χ3v) is 8.51. The summed E-state index contributed by atoms with van der Waals surface area (Å²) in [5.74, 6) is -13.7. The molecule has 5 N–H and O–H groups in total. The summed E-state index contributed by atoms with van der Waals surface area (Å²) >= 11 is 0. The van der Waals surface area contributed by atoms with E-state index in [1.807, 2.05) is 0 Å². The Bertz CT molecular complexity index is 1570. The summed E-state index contributed by atoms with van der Waals surface area (Å²) in [7, 11) is 2.85. The Kier molecular flexibility index (Phi) is 6.64. The summed E-state index contributed by atoms with van der Waals surface area (Å²) in [5.41, 5.74) is 3.44. The summed E-state index contributed by atoms with van der Waals surface area (Å²) in [4.78, 5) is 80.0. The SMILES string of the molecule is CC(=O)c1ccc(/C=C2\c3cccc(O)c3C(=O)C3C(=O)[C@@]4(O)C(=O)C(C(N)=O)C(=O)[C@H](N(C)C)[C@H]4[C@H](O)[C@@H]23)cc1. The average molecular weight is 561 g/mol. The van der Waals surface area contributed by atoms with E-state index < -0.39 is 76.2 Å². The smallest absolute Gasteiger partial charge is 0.235 e. The number of hydrogen-bond acceptors (Lipinski definition) is 10. The lowest BCUT2D eigenvalue weighted by Crippen LogP contribution is -2.77. The largest absolute Gasteiger partial charge is 0.507 e. The first-order valence-electron chi connectivity index (χ1n) is 12.9. The maximum Gasteiger partial charge on any atom is 0.235 e. The lowest BCUT2D eigenvalue weighted by Gasteiger charge is -2.55. The lowest BCUT2D eigenvalue weighted by molar-refractivity contribution is -0.192. The topological polar surface area (TPSA) is 192 Å². The number of nitrogens with two attached hydrogens (primary N) is 1. The van der Waals surface area contributed by atoms with Gasteiger partial charge in [-0.25, -0.2) is 0 Å². The number of nitrogens with zero attached hydrogens (tertiary/aromatic N) is 1. The number of likely N-dealkylation sites (N-methyl/N-ethyl adjacent to an activating group) is 1. The van der Waals surface area contributed by atoms with Crippen molar-refractivity contribution in [1.29, 1.82) is 0 Å². The number of aliphatic hydroxyl groups is 2. The van der Waals surface area contributed by atoms with Crippen molar-refractivity contribution in [3.63, 3.8) is 0 Å². The van der Waals surface area contributed by atoms with Crippen molar-refractivity contribution in [1.82, 2.24) is 4.90 Å². The van der Waals surface area contributed by atoms with Crippen LogP contribution in [0, 0.1) is 23.7 Å². The lowest BCUT2D eigenvalue weighted by atomic mass is 9.50. The molecule has 0 bridgehead atoms. The number of primary amides is 1. The number of aromatic hydroxyl groups is 1. The molecule has 7 atom stereocenters. The van der Waals surface area contributed by atoms with Gasteiger partial charge in [0.25, 0.3) is 0 Å². The Morgan fingerprint density at radius 3 is 2.20 bits per heavy atom. The molecule has 0 radical (unpaired) electrons. The number of fused-ring (bicyclic) bond motifs is 3. The summed E-state index contributed by atoms with van der Waals surface area (Å²) in [6, 6.07) is 9.18. The maximum absolute atomic E-state index is 14.1. The van der Waals surface area contributed by atoms with Crippen LogP contribution < -0.4 is 5.73 Å². The number of phenolic OH excluding ortho intramolecular Hbond substituents is 1. The molecule has 41 heavy (non-hydrogen) atoms. The highest BCUT2D eigenvalue weighted by Crippen LogP contribution is 2.54. The molecule has 2 fully saturated rings. The van der Waals surface area contributed by atoms with Gasteiger partial charge in [0.05, 0.1) is 29.5 Å². The van der Waals surface area contributed by atoms with Crippen LogP contribution in [0.3, 0.4) is 0 Å². The van der Waals surface area contributed by atoms with Crippen LogP contribution in [-0.2, 0) is 19.2 Å². The molecule has 0 spiro atoms. The van der Waals surface area contributed by atoms with Crippen LogP contribution in [0.1, 0.15) is 38.8 Å². The zero-order valence-electron chi connectivity index (χ0n) is 22.4. The molecule has 11 nitrogen and oxygen atoms in total. The van der Waals surface area contributed by atoms with E-state index in [4.69, 9.17) is 5.73 Å². The first-order valence-corrected chi connectivity index (χ1v) is 12.9. The van der Waals surface area contributed by atoms with E-state index in [9.17, 15) is 44.1 Å². The van der Waals surface area contributed by atoms with Crippen LogP contribution in [0.5, 0.6) is 5.75 Å². The summed E-state index contributed by atoms with van der Waals surface area (Å²) in [5, 5.41) is 34.3. The quantitative estimate of drug-likeness (QED) is 0.293. The minimum absolute atomic E-state index is 0.161. The van der Waals surface area contributed by atoms with Gasteiger partial charge in [0, 0.05) is 11.5 Å². The van der Waals surface area contributed by atoms with Gasteiger partial charge < -0.3 is 21.1 Å². The zero-order chi connectivity index (χ0) is 30.1. The second-order valence-corrected chi connectivity index (χ2v) is 11.0. The Balaban J connectivity index is 1.77. The van der Waals surface area contributed by atoms with Crippen molar-refractivity contribution in [3.05, 3.63) is 64.7 Å². The van der Waals surface area contributed by atoms with Gasteiger partial charge in [-0.3, -0.25) is 33.7 Å². The zero-order valence-corrected chi connectivity index (χ0v) is 22.4. The number of Topliss-reactive ketones (excluding diaryl/α,β-unsaturated/α-hetero) is 5. The Hall–Kier alpha value is -4.32. The number of aliphatic hydroxyl groups excluding tert-OH is 1. The number of hydrogen-bond donors (Lipinski definition) is 4. The Morgan fingerprint density at radius 2 is 1.63 bits per heavy atom. The second-order valence-electron chi connectivity index (χ2n) is 11.0. The fourth-order valence-electron chi connectivity index (χ4n) is 6.66. The van der Waals surface area contributed by atoms with Gasteiger partial charge >= 0.3 is 0 Å². The fourth-order valence-corrected chi connectivity index (χ4v) is 6.66. The summed E-state index contributed by atoms with van der Waals surface area (Å²) in [6.07, 6.45) is -0.227. The normalized spacial score (nSPS) is 32.0. The highest BCUT2D eigenvalue weighted by Gasteiger charge is 2.72. The molecule has 3 aliphatic rings. The predicted molar refractivity (Wildman–Crippen MR) is 143 cm³/mol. The van der Waals surface area contributed by atoms with E-state index in [1.165, 1.54) is 44.1 Å². The van der Waals surface area contributed by atoms with Crippen LogP contribution in [-0.4, -0.2) is 86.9 Å². The van der Waals surface area contributed by atoms with Crippen LogP contribution in [0.4, 0.5) is 0 Å². The molecular formula is C30H28N2O9. The molecule has 0 heterocycles. The van der Waals surface area contributed by atoms with Crippen molar-refractivity contribution in [2.75, 3.05) is 14.1 Å². The summed E-state index contributed by atoms with van der Waals surface area (Å²) < 4.78 is 0. The Labute approximate surface area is 234 Å². The van der Waals surface area contributed by atoms with Gasteiger partial charge in [-0.05, 0) is 43.8 Å². The van der Waals surface area contributed by atoms with Gasteiger partial charge in [0.2, 0.25) is 5.91 Å². The van der Waals surface area contributed by atoms with Crippen molar-refractivity contribution < 1.29 is 44.1 Å². The van der Waals surface area contributed by atoms with E-state index in [-0.39, 0.29) is 22.5 Å². The highest BCUT2D eigenvalue weighted by atomic mass is 16.3. The number of phenols is 1. The third kappa shape index (κ3) is 3.91. The van der Waals surface area contributed by atoms with Crippen LogP contribution in [0.2, 0.25) is 0 Å². The molecule has 212 valence electrons. The van der Waals surface area contributed by atoms with Crippen molar-refractivity contribution in [2.24, 2.45) is 29.4 Å².